The van der Waals surface area contributed by atoms with Crippen LogP contribution in [0.1, 0.15) is 15.9 Å². The van der Waals surface area contributed by atoms with Gasteiger partial charge in [-0.1, -0.05) is 0 Å². The summed E-state index contributed by atoms with van der Waals surface area (Å²) in [6.45, 7) is 1.19. The lowest BCUT2D eigenvalue weighted by atomic mass is 10.2. The van der Waals surface area contributed by atoms with Crippen molar-refractivity contribution in [3.8, 4) is 0 Å². The molecule has 2 heterocycles. The molecule has 1 aromatic carbocycles. The fraction of sp³-hybridized carbons (Fsp3) is 0.278. The first-order valence-corrected chi connectivity index (χ1v) is 8.59. The van der Waals surface area contributed by atoms with E-state index in [0.29, 0.717) is 31.0 Å². The number of benzene rings is 1. The van der Waals surface area contributed by atoms with E-state index >= 15 is 0 Å². The Morgan fingerprint density at radius 3 is 2.41 bits per heavy atom. The number of piperazine rings is 1. The third kappa shape index (κ3) is 4.55. The molecular formula is C18H17F4N5O2. The molecule has 0 saturated carbocycles. The number of carbonyl (C=O) groups is 2. The Balaban J connectivity index is 1.65. The predicted octanol–water partition coefficient (Wildman–Crippen LogP) is 2.69. The van der Waals surface area contributed by atoms with Crippen LogP contribution in [0.15, 0.2) is 36.5 Å². The molecule has 3 amide bonds. The number of nitrogens with zero attached hydrogens (tertiary/aromatic N) is 3. The summed E-state index contributed by atoms with van der Waals surface area (Å²) in [5, 5.41) is 2.35. The quantitative estimate of drug-likeness (QED) is 0.760. The Morgan fingerprint density at radius 2 is 1.79 bits per heavy atom. The van der Waals surface area contributed by atoms with E-state index < -0.39 is 29.5 Å². The SMILES string of the molecule is NC(=O)c1cccnc1N1CCN(C(=O)Nc2ccc(F)c(C(F)(F)F)c2)CC1. The van der Waals surface area contributed by atoms with Crippen molar-refractivity contribution in [2.24, 2.45) is 5.73 Å². The molecule has 7 nitrogen and oxygen atoms in total. The van der Waals surface area contributed by atoms with Crippen molar-refractivity contribution >= 4 is 23.4 Å². The molecule has 154 valence electrons. The number of alkyl halides is 3. The number of rotatable bonds is 3. The van der Waals surface area contributed by atoms with E-state index in [1.54, 1.807) is 17.0 Å². The summed E-state index contributed by atoms with van der Waals surface area (Å²) in [6, 6.07) is 4.80. The zero-order valence-electron chi connectivity index (χ0n) is 15.0. The number of nitrogens with two attached hydrogens (primary N) is 1. The molecule has 3 rings (SSSR count). The minimum Gasteiger partial charge on any atom is -0.365 e. The van der Waals surface area contributed by atoms with E-state index in [0.717, 1.165) is 6.07 Å². The molecule has 1 saturated heterocycles. The van der Waals surface area contributed by atoms with Gasteiger partial charge in [0, 0.05) is 38.1 Å². The normalized spacial score (nSPS) is 14.6. The first kappa shape index (κ1) is 20.4. The molecule has 0 aliphatic carbocycles. The van der Waals surface area contributed by atoms with Gasteiger partial charge in [-0.2, -0.15) is 13.2 Å². The molecule has 11 heteroatoms. The number of halogens is 4. The van der Waals surface area contributed by atoms with Crippen molar-refractivity contribution in [3.63, 3.8) is 0 Å². The lowest BCUT2D eigenvalue weighted by molar-refractivity contribution is -0.139. The van der Waals surface area contributed by atoms with Crippen LogP contribution in [0.4, 0.5) is 33.9 Å². The van der Waals surface area contributed by atoms with E-state index in [-0.39, 0.29) is 24.3 Å². The highest BCUT2D eigenvalue weighted by Crippen LogP contribution is 2.33. The second-order valence-electron chi connectivity index (χ2n) is 6.34. The summed E-state index contributed by atoms with van der Waals surface area (Å²) in [5.41, 5.74) is 4.00. The number of anilines is 2. The fourth-order valence-electron chi connectivity index (χ4n) is 2.99. The highest BCUT2D eigenvalue weighted by molar-refractivity contribution is 5.97. The summed E-state index contributed by atoms with van der Waals surface area (Å²) in [7, 11) is 0. The van der Waals surface area contributed by atoms with Gasteiger partial charge in [-0.15, -0.1) is 0 Å². The van der Waals surface area contributed by atoms with Gasteiger partial charge < -0.3 is 20.9 Å². The number of pyridine rings is 1. The van der Waals surface area contributed by atoms with Gasteiger partial charge in [-0.05, 0) is 30.3 Å². The van der Waals surface area contributed by atoms with Crippen LogP contribution < -0.4 is 16.0 Å². The molecule has 0 bridgehead atoms. The molecule has 2 aromatic rings. The number of hydrogen-bond acceptors (Lipinski definition) is 4. The van der Waals surface area contributed by atoms with Gasteiger partial charge in [0.15, 0.2) is 0 Å². The van der Waals surface area contributed by atoms with Crippen molar-refractivity contribution in [2.45, 2.75) is 6.18 Å². The number of nitrogens with one attached hydrogen (secondary N) is 1. The second-order valence-corrected chi connectivity index (χ2v) is 6.34. The highest BCUT2D eigenvalue weighted by Gasteiger charge is 2.34. The topological polar surface area (TPSA) is 91.6 Å². The van der Waals surface area contributed by atoms with E-state index in [4.69, 9.17) is 5.73 Å². The number of aromatic nitrogens is 1. The van der Waals surface area contributed by atoms with Gasteiger partial charge in [0.05, 0.1) is 11.1 Å². The summed E-state index contributed by atoms with van der Waals surface area (Å²) in [6.07, 6.45) is -3.34. The van der Waals surface area contributed by atoms with Crippen LogP contribution in [-0.2, 0) is 6.18 Å². The van der Waals surface area contributed by atoms with Gasteiger partial charge in [-0.25, -0.2) is 14.2 Å². The smallest absolute Gasteiger partial charge is 0.365 e. The largest absolute Gasteiger partial charge is 0.419 e. The number of primary amides is 1. The van der Waals surface area contributed by atoms with Gasteiger partial charge in [0.1, 0.15) is 11.6 Å². The fourth-order valence-corrected chi connectivity index (χ4v) is 2.99. The minimum atomic E-state index is -4.86. The van der Waals surface area contributed by atoms with Gasteiger partial charge in [0.25, 0.3) is 5.91 Å². The van der Waals surface area contributed by atoms with Crippen LogP contribution in [0.3, 0.4) is 0 Å². The van der Waals surface area contributed by atoms with Gasteiger partial charge >= 0.3 is 12.2 Å². The number of hydrogen-bond donors (Lipinski definition) is 2. The summed E-state index contributed by atoms with van der Waals surface area (Å²) in [5.74, 6) is -1.62. The van der Waals surface area contributed by atoms with Gasteiger partial charge in [0.2, 0.25) is 0 Å². The molecule has 0 atom stereocenters. The van der Waals surface area contributed by atoms with Crippen LogP contribution in [0, 0.1) is 5.82 Å². The Bertz CT molecular complexity index is 927. The van der Waals surface area contributed by atoms with Crippen molar-refractivity contribution in [1.29, 1.82) is 0 Å². The van der Waals surface area contributed by atoms with E-state index in [9.17, 15) is 27.2 Å². The molecule has 1 aliphatic rings. The Labute approximate surface area is 163 Å². The summed E-state index contributed by atoms with van der Waals surface area (Å²) >= 11 is 0. The molecule has 1 aliphatic heterocycles. The molecule has 3 N–H and O–H groups in total. The molecule has 1 aromatic heterocycles. The molecule has 29 heavy (non-hydrogen) atoms. The zero-order valence-corrected chi connectivity index (χ0v) is 15.0. The second kappa shape index (κ2) is 7.94. The zero-order chi connectivity index (χ0) is 21.2. The maximum atomic E-state index is 13.4. The number of amides is 3. The van der Waals surface area contributed by atoms with Crippen LogP contribution in [0.2, 0.25) is 0 Å². The number of carbonyl (C=O) groups excluding carboxylic acids is 2. The molecule has 0 radical (unpaired) electrons. The monoisotopic (exact) mass is 411 g/mol. The Morgan fingerprint density at radius 1 is 1.10 bits per heavy atom. The van der Waals surface area contributed by atoms with Crippen molar-refractivity contribution in [3.05, 3.63) is 53.5 Å². The van der Waals surface area contributed by atoms with Crippen molar-refractivity contribution < 1.29 is 27.2 Å². The first-order valence-electron chi connectivity index (χ1n) is 8.59. The van der Waals surface area contributed by atoms with E-state index in [1.807, 2.05) is 0 Å². The van der Waals surface area contributed by atoms with Gasteiger partial charge in [-0.3, -0.25) is 4.79 Å². The lowest BCUT2D eigenvalue weighted by Gasteiger charge is -2.35. The molecular weight excluding hydrogens is 394 g/mol. The molecule has 0 spiro atoms. The first-order chi connectivity index (χ1) is 13.7. The average Bonchev–Trinajstić information content (AvgIpc) is 2.68. The summed E-state index contributed by atoms with van der Waals surface area (Å²) < 4.78 is 51.8. The summed E-state index contributed by atoms with van der Waals surface area (Å²) in [4.78, 5) is 31.3. The third-order valence-electron chi connectivity index (χ3n) is 4.44. The van der Waals surface area contributed by atoms with Crippen LogP contribution in [-0.4, -0.2) is 48.0 Å². The van der Waals surface area contributed by atoms with E-state index in [1.165, 1.54) is 11.1 Å². The maximum Gasteiger partial charge on any atom is 0.419 e. The molecule has 0 unspecified atom stereocenters. The number of urea groups is 1. The highest BCUT2D eigenvalue weighted by atomic mass is 19.4. The minimum absolute atomic E-state index is 0.160. The van der Waals surface area contributed by atoms with Crippen LogP contribution in [0.5, 0.6) is 0 Å². The third-order valence-corrected chi connectivity index (χ3v) is 4.44. The average molecular weight is 411 g/mol. The van der Waals surface area contributed by atoms with Crippen LogP contribution >= 0.6 is 0 Å². The van der Waals surface area contributed by atoms with Crippen molar-refractivity contribution in [2.75, 3.05) is 36.4 Å². The molecule has 1 fully saturated rings. The Hall–Kier alpha value is -3.37. The predicted molar refractivity (Wildman–Crippen MR) is 97.0 cm³/mol. The Kier molecular flexibility index (Phi) is 5.57. The lowest BCUT2D eigenvalue weighted by Crippen LogP contribution is -2.50. The van der Waals surface area contributed by atoms with Crippen molar-refractivity contribution in [1.82, 2.24) is 9.88 Å². The maximum absolute atomic E-state index is 13.4. The van der Waals surface area contributed by atoms with E-state index in [2.05, 4.69) is 10.3 Å². The standard InChI is InChI=1S/C18H17F4N5O2/c19-14-4-3-11(10-13(14)18(20,21)22)25-17(29)27-8-6-26(7-9-27)16-12(15(23)28)2-1-5-24-16/h1-5,10H,6-9H2,(H2,23,28)(H,25,29). The van der Waals surface area contributed by atoms with Crippen LogP contribution in [0.25, 0.3) is 0 Å².